The summed E-state index contributed by atoms with van der Waals surface area (Å²) >= 11 is 0. The molecule has 0 spiro atoms. The second-order valence-corrected chi connectivity index (χ2v) is 6.13. The molecule has 1 heterocycles. The fourth-order valence-electron chi connectivity index (χ4n) is 2.60. The molecule has 0 radical (unpaired) electrons. The zero-order valence-corrected chi connectivity index (χ0v) is 14.6. The van der Waals surface area contributed by atoms with Crippen molar-refractivity contribution in [1.82, 2.24) is 15.5 Å². The molecule has 1 aliphatic heterocycles. The van der Waals surface area contributed by atoms with Gasteiger partial charge in [0.1, 0.15) is 5.54 Å². The normalized spacial score (nSPS) is 17.1. The van der Waals surface area contributed by atoms with Crippen LogP contribution in [0.25, 0.3) is 0 Å². The van der Waals surface area contributed by atoms with E-state index in [1.165, 1.54) is 0 Å². The molecule has 1 aromatic carbocycles. The first kappa shape index (κ1) is 19.3. The Morgan fingerprint density at radius 1 is 1.26 bits per heavy atom. The summed E-state index contributed by atoms with van der Waals surface area (Å²) in [5.41, 5.74) is -0.271. The van der Waals surface area contributed by atoms with Crippen molar-refractivity contribution in [3.63, 3.8) is 0 Å². The van der Waals surface area contributed by atoms with E-state index in [1.54, 1.807) is 37.9 Å². The van der Waals surface area contributed by atoms with Gasteiger partial charge in [-0.25, -0.2) is 4.79 Å². The highest BCUT2D eigenvalue weighted by Gasteiger charge is 2.35. The third kappa shape index (κ3) is 5.11. The highest BCUT2D eigenvalue weighted by atomic mass is 35.5. The van der Waals surface area contributed by atoms with E-state index < -0.39 is 5.54 Å². The summed E-state index contributed by atoms with van der Waals surface area (Å²) in [6, 6.07) is 8.95. The van der Waals surface area contributed by atoms with Crippen molar-refractivity contribution in [1.29, 1.82) is 0 Å². The van der Waals surface area contributed by atoms with Crippen LogP contribution in [0.5, 0.6) is 0 Å². The van der Waals surface area contributed by atoms with Gasteiger partial charge in [-0.05, 0) is 38.9 Å². The van der Waals surface area contributed by atoms with E-state index >= 15 is 0 Å². The largest absolute Gasteiger partial charge is 0.339 e. The Morgan fingerprint density at radius 2 is 1.91 bits per heavy atom. The molecule has 1 unspecified atom stereocenters. The Balaban J connectivity index is 0.00000264. The van der Waals surface area contributed by atoms with E-state index in [9.17, 15) is 9.59 Å². The highest BCUT2D eigenvalue weighted by molar-refractivity contribution is 5.95. The van der Waals surface area contributed by atoms with E-state index in [4.69, 9.17) is 0 Å². The molecule has 128 valence electrons. The van der Waals surface area contributed by atoms with Crippen LogP contribution in [-0.4, -0.2) is 48.6 Å². The third-order valence-corrected chi connectivity index (χ3v) is 3.89. The summed E-state index contributed by atoms with van der Waals surface area (Å²) in [5.74, 6) is -0.0931. The summed E-state index contributed by atoms with van der Waals surface area (Å²) in [6.07, 6.45) is 0.939. The van der Waals surface area contributed by atoms with Crippen molar-refractivity contribution in [2.45, 2.75) is 31.8 Å². The van der Waals surface area contributed by atoms with E-state index in [0.717, 1.165) is 19.5 Å². The average molecular weight is 341 g/mol. The van der Waals surface area contributed by atoms with Crippen molar-refractivity contribution in [2.75, 3.05) is 25.5 Å². The number of carbonyl (C=O) groups is 2. The Bertz CT molecular complexity index is 530. The van der Waals surface area contributed by atoms with Gasteiger partial charge in [-0.3, -0.25) is 4.79 Å². The molecule has 2 rings (SSSR count). The summed E-state index contributed by atoms with van der Waals surface area (Å²) in [7, 11) is 1.79. The minimum absolute atomic E-state index is 0. The van der Waals surface area contributed by atoms with Gasteiger partial charge < -0.3 is 20.9 Å². The number of halogens is 1. The van der Waals surface area contributed by atoms with Crippen LogP contribution in [0, 0.1) is 0 Å². The van der Waals surface area contributed by atoms with Crippen LogP contribution in [-0.2, 0) is 4.79 Å². The minimum atomic E-state index is -0.962. The number of hydrogen-bond donors (Lipinski definition) is 3. The molecular weight excluding hydrogens is 316 g/mol. The molecular formula is C16H25ClN4O2. The number of rotatable bonds is 4. The molecule has 7 heteroatoms. The van der Waals surface area contributed by atoms with Crippen LogP contribution in [0.3, 0.4) is 0 Å². The van der Waals surface area contributed by atoms with Gasteiger partial charge >= 0.3 is 6.03 Å². The smallest absolute Gasteiger partial charge is 0.320 e. The lowest BCUT2D eigenvalue weighted by atomic mass is 10.0. The standard InChI is InChI=1S/C16H24N4O2.ClH/c1-16(2,14(21)20(3)13-9-10-17-11-13)19-15(22)18-12-7-5-4-6-8-12;/h4-8,13,17H,9-11H2,1-3H3,(H2,18,19,22);1H. The number of carbonyl (C=O) groups excluding carboxylic acids is 2. The molecule has 1 atom stereocenters. The van der Waals surface area contributed by atoms with Crippen LogP contribution < -0.4 is 16.0 Å². The fourth-order valence-corrected chi connectivity index (χ4v) is 2.60. The van der Waals surface area contributed by atoms with Crippen LogP contribution in [0.1, 0.15) is 20.3 Å². The topological polar surface area (TPSA) is 73.5 Å². The first-order valence-corrected chi connectivity index (χ1v) is 7.52. The number of anilines is 1. The van der Waals surface area contributed by atoms with Gasteiger partial charge in [0.25, 0.3) is 0 Å². The maximum Gasteiger partial charge on any atom is 0.320 e. The Hall–Kier alpha value is -1.79. The predicted molar refractivity (Wildman–Crippen MR) is 94.0 cm³/mol. The van der Waals surface area contributed by atoms with E-state index in [-0.39, 0.29) is 30.4 Å². The Morgan fingerprint density at radius 3 is 2.48 bits per heavy atom. The van der Waals surface area contributed by atoms with Gasteiger partial charge in [0, 0.05) is 25.3 Å². The van der Waals surface area contributed by atoms with Crippen molar-refractivity contribution in [3.05, 3.63) is 30.3 Å². The molecule has 1 fully saturated rings. The molecule has 6 nitrogen and oxygen atoms in total. The number of urea groups is 1. The van der Waals surface area contributed by atoms with Gasteiger partial charge in [0.15, 0.2) is 0 Å². The molecule has 1 saturated heterocycles. The van der Waals surface area contributed by atoms with Crippen LogP contribution in [0.4, 0.5) is 10.5 Å². The molecule has 0 aliphatic carbocycles. The van der Waals surface area contributed by atoms with Crippen LogP contribution in [0.2, 0.25) is 0 Å². The lowest BCUT2D eigenvalue weighted by Crippen LogP contribution is -2.58. The van der Waals surface area contributed by atoms with Crippen LogP contribution >= 0.6 is 12.4 Å². The fraction of sp³-hybridized carbons (Fsp3) is 0.500. The summed E-state index contributed by atoms with van der Waals surface area (Å²) in [5, 5.41) is 8.71. The summed E-state index contributed by atoms with van der Waals surface area (Å²) in [6.45, 7) is 5.16. The molecule has 0 aromatic heterocycles. The number of likely N-dealkylation sites (N-methyl/N-ethyl adjacent to an activating group) is 1. The van der Waals surface area contributed by atoms with E-state index in [1.807, 2.05) is 18.2 Å². The second kappa shape index (κ2) is 8.17. The van der Waals surface area contributed by atoms with Gasteiger partial charge in [0.2, 0.25) is 5.91 Å². The Kier molecular flexibility index (Phi) is 6.84. The lowest BCUT2D eigenvalue weighted by Gasteiger charge is -2.33. The van der Waals surface area contributed by atoms with Gasteiger partial charge in [-0.1, -0.05) is 18.2 Å². The molecule has 3 amide bonds. The number of para-hydroxylation sites is 1. The van der Waals surface area contributed by atoms with Crippen molar-refractivity contribution < 1.29 is 9.59 Å². The number of nitrogens with one attached hydrogen (secondary N) is 3. The molecule has 1 aliphatic rings. The molecule has 23 heavy (non-hydrogen) atoms. The number of benzene rings is 1. The van der Waals surface area contributed by atoms with Crippen molar-refractivity contribution >= 4 is 30.0 Å². The number of nitrogens with zero attached hydrogens (tertiary/aromatic N) is 1. The lowest BCUT2D eigenvalue weighted by molar-refractivity contribution is -0.137. The van der Waals surface area contributed by atoms with Crippen molar-refractivity contribution in [3.8, 4) is 0 Å². The Labute approximate surface area is 143 Å². The third-order valence-electron chi connectivity index (χ3n) is 3.89. The summed E-state index contributed by atoms with van der Waals surface area (Å²) < 4.78 is 0. The predicted octanol–water partition coefficient (Wildman–Crippen LogP) is 1.83. The monoisotopic (exact) mass is 340 g/mol. The van der Waals surface area contributed by atoms with Crippen molar-refractivity contribution in [2.24, 2.45) is 0 Å². The zero-order valence-electron chi connectivity index (χ0n) is 13.8. The zero-order chi connectivity index (χ0) is 16.2. The van der Waals surface area contributed by atoms with E-state index in [2.05, 4.69) is 16.0 Å². The first-order chi connectivity index (χ1) is 10.4. The van der Waals surface area contributed by atoms with Gasteiger partial charge in [0.05, 0.1) is 0 Å². The molecule has 1 aromatic rings. The van der Waals surface area contributed by atoms with E-state index in [0.29, 0.717) is 5.69 Å². The maximum atomic E-state index is 12.6. The quantitative estimate of drug-likeness (QED) is 0.783. The second-order valence-electron chi connectivity index (χ2n) is 6.13. The van der Waals surface area contributed by atoms with Gasteiger partial charge in [-0.15, -0.1) is 12.4 Å². The minimum Gasteiger partial charge on any atom is -0.339 e. The number of amides is 3. The number of hydrogen-bond acceptors (Lipinski definition) is 3. The molecule has 3 N–H and O–H groups in total. The SMILES string of the molecule is CN(C(=O)C(C)(C)NC(=O)Nc1ccccc1)C1CCNC1.Cl. The average Bonchev–Trinajstić information content (AvgIpc) is 3.00. The molecule has 0 saturated carbocycles. The maximum absolute atomic E-state index is 12.6. The molecule has 0 bridgehead atoms. The van der Waals surface area contributed by atoms with Crippen LogP contribution in [0.15, 0.2) is 30.3 Å². The summed E-state index contributed by atoms with van der Waals surface area (Å²) in [4.78, 5) is 26.4. The first-order valence-electron chi connectivity index (χ1n) is 7.52. The van der Waals surface area contributed by atoms with Gasteiger partial charge in [-0.2, -0.15) is 0 Å². The highest BCUT2D eigenvalue weighted by Crippen LogP contribution is 2.14.